The summed E-state index contributed by atoms with van der Waals surface area (Å²) in [5, 5.41) is 10.4. The van der Waals surface area contributed by atoms with Gasteiger partial charge in [-0.15, -0.1) is 0 Å². The number of nitro groups is 1. The molecule has 0 aliphatic carbocycles. The third-order valence-electron chi connectivity index (χ3n) is 2.23. The molecular weight excluding hydrogens is 308 g/mol. The van der Waals surface area contributed by atoms with Crippen LogP contribution in [0.3, 0.4) is 0 Å². The van der Waals surface area contributed by atoms with Crippen molar-refractivity contribution in [1.82, 2.24) is 0 Å². The number of allylic oxidation sites excluding steroid dienone is 2. The fourth-order valence-electron chi connectivity index (χ4n) is 1.31. The van der Waals surface area contributed by atoms with Crippen LogP contribution in [0.1, 0.15) is 10.4 Å². The number of rotatable bonds is 3. The average Bonchev–Trinajstić information content (AvgIpc) is 2.33. The van der Waals surface area contributed by atoms with E-state index < -0.39 is 46.0 Å². The topological polar surface area (TPSA) is 60.2 Å². The van der Waals surface area contributed by atoms with Crippen molar-refractivity contribution < 1.29 is 36.1 Å². The maximum atomic E-state index is 12.3. The molecule has 1 aromatic rings. The summed E-state index contributed by atoms with van der Waals surface area (Å²) < 4.78 is 73.5. The van der Waals surface area contributed by atoms with Gasteiger partial charge >= 0.3 is 12.4 Å². The van der Waals surface area contributed by atoms with Crippen molar-refractivity contribution in [3.63, 3.8) is 0 Å². The highest BCUT2D eigenvalue weighted by atomic mass is 19.4. The van der Waals surface area contributed by atoms with Crippen molar-refractivity contribution in [2.45, 2.75) is 12.4 Å². The van der Waals surface area contributed by atoms with E-state index in [1.54, 1.807) is 0 Å². The number of nitrogens with zero attached hydrogens (tertiary/aromatic N) is 1. The van der Waals surface area contributed by atoms with Crippen molar-refractivity contribution in [3.8, 4) is 0 Å². The number of carbonyl (C=O) groups excluding carboxylic acids is 1. The van der Waals surface area contributed by atoms with Crippen LogP contribution in [0.5, 0.6) is 0 Å². The Labute approximate surface area is 112 Å². The number of halogens is 6. The Morgan fingerprint density at radius 1 is 1.10 bits per heavy atom. The van der Waals surface area contributed by atoms with Crippen molar-refractivity contribution in [2.24, 2.45) is 0 Å². The zero-order chi connectivity index (χ0) is 16.4. The summed E-state index contributed by atoms with van der Waals surface area (Å²) >= 11 is 0. The van der Waals surface area contributed by atoms with E-state index in [-0.39, 0.29) is 0 Å². The van der Waals surface area contributed by atoms with Gasteiger partial charge in [0.25, 0.3) is 5.69 Å². The second kappa shape index (κ2) is 5.54. The standard InChI is InChI=1S/C11H5F6NO3/c12-10(13,14)9(11(15,16)17)5-8(19)6-2-1-3-7(4-6)18(20)21/h1-5H. The first-order chi connectivity index (χ1) is 9.43. The quantitative estimate of drug-likeness (QED) is 0.280. The Morgan fingerprint density at radius 3 is 2.05 bits per heavy atom. The minimum absolute atomic E-state index is 0.587. The number of non-ortho nitro benzene ring substituents is 1. The molecule has 0 spiro atoms. The van der Waals surface area contributed by atoms with Gasteiger partial charge in [-0.25, -0.2) is 0 Å². The van der Waals surface area contributed by atoms with Crippen LogP contribution in [0.4, 0.5) is 32.0 Å². The first-order valence-corrected chi connectivity index (χ1v) is 5.08. The Balaban J connectivity index is 3.27. The SMILES string of the molecule is O=C(C=C(C(F)(F)F)C(F)(F)F)c1cccc([N+](=O)[O-])c1. The third kappa shape index (κ3) is 4.29. The highest BCUT2D eigenvalue weighted by molar-refractivity contribution is 6.05. The molecule has 0 bridgehead atoms. The van der Waals surface area contributed by atoms with Crippen LogP contribution in [-0.4, -0.2) is 23.1 Å². The summed E-state index contributed by atoms with van der Waals surface area (Å²) in [6.07, 6.45) is -12.2. The Bertz CT molecular complexity index is 587. The van der Waals surface area contributed by atoms with Crippen LogP contribution in [0.2, 0.25) is 0 Å². The summed E-state index contributed by atoms with van der Waals surface area (Å²) in [5.74, 6) is -1.64. The van der Waals surface area contributed by atoms with E-state index >= 15 is 0 Å². The lowest BCUT2D eigenvalue weighted by Crippen LogP contribution is -2.27. The van der Waals surface area contributed by atoms with Crippen molar-refractivity contribution in [2.75, 3.05) is 0 Å². The minimum atomic E-state index is -5.77. The van der Waals surface area contributed by atoms with Gasteiger partial charge in [-0.2, -0.15) is 26.3 Å². The molecule has 10 heteroatoms. The molecule has 0 aliphatic rings. The number of hydrogen-bond acceptors (Lipinski definition) is 3. The van der Waals surface area contributed by atoms with Crippen LogP contribution < -0.4 is 0 Å². The van der Waals surface area contributed by atoms with Gasteiger partial charge in [-0.05, 0) is 0 Å². The molecule has 1 aromatic carbocycles. The molecule has 1 rings (SSSR count). The molecule has 0 atom stereocenters. The Morgan fingerprint density at radius 2 is 1.62 bits per heavy atom. The molecule has 0 heterocycles. The predicted molar refractivity (Wildman–Crippen MR) is 57.6 cm³/mol. The molecule has 0 saturated heterocycles. The summed E-state index contributed by atoms with van der Waals surface area (Å²) in [6.45, 7) is 0. The van der Waals surface area contributed by atoms with Gasteiger partial charge in [0.15, 0.2) is 5.78 Å². The number of hydrogen-bond donors (Lipinski definition) is 0. The molecule has 21 heavy (non-hydrogen) atoms. The molecule has 0 unspecified atom stereocenters. The van der Waals surface area contributed by atoms with Crippen LogP contribution in [-0.2, 0) is 0 Å². The van der Waals surface area contributed by atoms with E-state index in [2.05, 4.69) is 0 Å². The lowest BCUT2D eigenvalue weighted by Gasteiger charge is -2.14. The van der Waals surface area contributed by atoms with E-state index in [9.17, 15) is 41.3 Å². The lowest BCUT2D eigenvalue weighted by atomic mass is 10.1. The normalized spacial score (nSPS) is 11.9. The number of benzene rings is 1. The number of carbonyl (C=O) groups is 1. The lowest BCUT2D eigenvalue weighted by molar-refractivity contribution is -0.384. The van der Waals surface area contributed by atoms with Crippen LogP contribution in [0.15, 0.2) is 35.9 Å². The van der Waals surface area contributed by atoms with Crippen molar-refractivity contribution >= 4 is 11.5 Å². The van der Waals surface area contributed by atoms with Gasteiger partial charge in [0.05, 0.1) is 4.92 Å². The molecule has 0 saturated carbocycles. The monoisotopic (exact) mass is 313 g/mol. The van der Waals surface area contributed by atoms with Gasteiger partial charge in [0, 0.05) is 23.8 Å². The molecule has 114 valence electrons. The van der Waals surface area contributed by atoms with E-state index in [0.29, 0.717) is 6.07 Å². The smallest absolute Gasteiger partial charge is 0.289 e. The molecule has 4 nitrogen and oxygen atoms in total. The van der Waals surface area contributed by atoms with E-state index in [4.69, 9.17) is 0 Å². The second-order valence-corrected chi connectivity index (χ2v) is 3.73. The fourth-order valence-corrected chi connectivity index (χ4v) is 1.31. The van der Waals surface area contributed by atoms with E-state index in [1.165, 1.54) is 0 Å². The van der Waals surface area contributed by atoms with Gasteiger partial charge in [-0.3, -0.25) is 14.9 Å². The maximum Gasteiger partial charge on any atom is 0.421 e. The van der Waals surface area contributed by atoms with Gasteiger partial charge in [-0.1, -0.05) is 12.1 Å². The maximum absolute atomic E-state index is 12.3. The number of alkyl halides is 6. The number of ketones is 1. The van der Waals surface area contributed by atoms with E-state index in [0.717, 1.165) is 18.2 Å². The fraction of sp³-hybridized carbons (Fsp3) is 0.182. The largest absolute Gasteiger partial charge is 0.421 e. The molecule has 0 fully saturated rings. The summed E-state index contributed by atoms with van der Waals surface area (Å²) in [4.78, 5) is 20.9. The van der Waals surface area contributed by atoms with Gasteiger partial charge < -0.3 is 0 Å². The summed E-state index contributed by atoms with van der Waals surface area (Å²) in [7, 11) is 0. The van der Waals surface area contributed by atoms with Crippen LogP contribution in [0, 0.1) is 10.1 Å². The summed E-state index contributed by atoms with van der Waals surface area (Å²) in [6, 6.07) is 3.37. The molecule has 0 N–H and O–H groups in total. The van der Waals surface area contributed by atoms with Crippen LogP contribution >= 0.6 is 0 Å². The second-order valence-electron chi connectivity index (χ2n) is 3.73. The Hall–Kier alpha value is -2.39. The average molecular weight is 313 g/mol. The van der Waals surface area contributed by atoms with Gasteiger partial charge in [0.1, 0.15) is 5.57 Å². The first kappa shape index (κ1) is 16.7. The summed E-state index contributed by atoms with van der Waals surface area (Å²) in [5.41, 5.74) is -4.27. The van der Waals surface area contributed by atoms with Crippen molar-refractivity contribution in [1.29, 1.82) is 0 Å². The minimum Gasteiger partial charge on any atom is -0.289 e. The first-order valence-electron chi connectivity index (χ1n) is 5.08. The highest BCUT2D eigenvalue weighted by Crippen LogP contribution is 2.38. The molecule has 0 radical (unpaired) electrons. The van der Waals surface area contributed by atoms with E-state index in [1.807, 2.05) is 0 Å². The number of nitro benzene ring substituents is 1. The molecule has 0 aromatic heterocycles. The third-order valence-corrected chi connectivity index (χ3v) is 2.23. The highest BCUT2D eigenvalue weighted by Gasteiger charge is 2.51. The van der Waals surface area contributed by atoms with Crippen molar-refractivity contribution in [3.05, 3.63) is 51.6 Å². The Kier molecular flexibility index (Phi) is 4.40. The predicted octanol–water partition coefficient (Wildman–Crippen LogP) is 3.83. The zero-order valence-corrected chi connectivity index (χ0v) is 9.83. The molecular formula is C11H5F6NO3. The molecule has 0 amide bonds. The molecule has 0 aliphatic heterocycles. The zero-order valence-electron chi connectivity index (χ0n) is 9.83. The van der Waals surface area contributed by atoms with Gasteiger partial charge in [0.2, 0.25) is 0 Å². The van der Waals surface area contributed by atoms with Crippen LogP contribution in [0.25, 0.3) is 0 Å².